The number of likely N-dealkylation sites (N-methyl/N-ethyl adjacent to an activating group) is 1. The van der Waals surface area contributed by atoms with Crippen molar-refractivity contribution in [2.75, 3.05) is 11.9 Å². The van der Waals surface area contributed by atoms with Crippen molar-refractivity contribution >= 4 is 27.9 Å². The number of rotatable bonds is 2. The highest BCUT2D eigenvalue weighted by molar-refractivity contribution is 6.07. The van der Waals surface area contributed by atoms with Crippen LogP contribution in [0.4, 0.5) is 11.4 Å². The maximum atomic E-state index is 6.96. The van der Waals surface area contributed by atoms with E-state index >= 15 is 0 Å². The summed E-state index contributed by atoms with van der Waals surface area (Å²) in [7, 11) is 2.14. The predicted molar refractivity (Wildman–Crippen MR) is 117 cm³/mol. The smallest absolute Gasteiger partial charge is 0.231 e. The van der Waals surface area contributed by atoms with Crippen molar-refractivity contribution in [2.24, 2.45) is 4.99 Å². The third-order valence-electron chi connectivity index (χ3n) is 6.50. The fourth-order valence-electron chi connectivity index (χ4n) is 5.14. The van der Waals surface area contributed by atoms with Crippen molar-refractivity contribution in [2.45, 2.75) is 44.8 Å². The molecule has 0 aromatic heterocycles. The molecular weight excluding hydrogens is 344 g/mol. The molecule has 2 aliphatic heterocycles. The van der Waals surface area contributed by atoms with Crippen LogP contribution in [0.1, 0.15) is 39.2 Å². The van der Waals surface area contributed by atoms with E-state index in [-0.39, 0.29) is 5.41 Å². The number of aliphatic imine (C=N–C) groups is 1. The number of para-hydroxylation sites is 1. The summed E-state index contributed by atoms with van der Waals surface area (Å²) in [5.41, 5.74) is 3.78. The predicted octanol–water partition coefficient (Wildman–Crippen LogP) is 6.23. The highest BCUT2D eigenvalue weighted by Gasteiger charge is 2.62. The van der Waals surface area contributed by atoms with E-state index in [1.165, 1.54) is 16.6 Å². The van der Waals surface area contributed by atoms with Crippen molar-refractivity contribution < 1.29 is 4.74 Å². The Morgan fingerprint density at radius 3 is 2.50 bits per heavy atom. The molecule has 3 heteroatoms. The van der Waals surface area contributed by atoms with Gasteiger partial charge in [-0.2, -0.15) is 0 Å². The molecule has 3 aromatic carbocycles. The van der Waals surface area contributed by atoms with Gasteiger partial charge in [-0.05, 0) is 43.4 Å². The lowest BCUT2D eigenvalue weighted by Crippen LogP contribution is -2.65. The van der Waals surface area contributed by atoms with Gasteiger partial charge in [-0.1, -0.05) is 61.9 Å². The van der Waals surface area contributed by atoms with Crippen LogP contribution in [0.3, 0.4) is 0 Å². The zero-order valence-electron chi connectivity index (χ0n) is 17.0. The second-order valence-electron chi connectivity index (χ2n) is 8.39. The molecule has 0 N–H and O–H groups in total. The fraction of sp³-hybridized carbons (Fsp3) is 0.320. The molecule has 2 heterocycles. The third kappa shape index (κ3) is 2.02. The van der Waals surface area contributed by atoms with Gasteiger partial charge in [0, 0.05) is 18.1 Å². The van der Waals surface area contributed by atoms with Crippen molar-refractivity contribution in [3.05, 3.63) is 66.2 Å². The summed E-state index contributed by atoms with van der Waals surface area (Å²) in [5.74, 6) is 0.867. The molecule has 0 radical (unpaired) electrons. The van der Waals surface area contributed by atoms with Crippen LogP contribution < -0.4 is 9.64 Å². The molecule has 0 saturated heterocycles. The largest absolute Gasteiger partial charge is 0.459 e. The van der Waals surface area contributed by atoms with Crippen LogP contribution in [-0.2, 0) is 5.41 Å². The van der Waals surface area contributed by atoms with E-state index in [4.69, 9.17) is 9.73 Å². The maximum Gasteiger partial charge on any atom is 0.231 e. The maximum absolute atomic E-state index is 6.96. The van der Waals surface area contributed by atoms with Gasteiger partial charge in [-0.3, -0.25) is 0 Å². The molecule has 0 bridgehead atoms. The number of benzene rings is 3. The molecule has 2 aliphatic rings. The van der Waals surface area contributed by atoms with Gasteiger partial charge < -0.3 is 9.64 Å². The average molecular weight is 370 g/mol. The van der Waals surface area contributed by atoms with Gasteiger partial charge in [0.25, 0.3) is 0 Å². The zero-order valence-corrected chi connectivity index (χ0v) is 17.0. The minimum Gasteiger partial charge on any atom is -0.459 e. The Morgan fingerprint density at radius 1 is 0.964 bits per heavy atom. The molecule has 1 atom stereocenters. The van der Waals surface area contributed by atoms with Crippen molar-refractivity contribution in [1.29, 1.82) is 0 Å². The molecule has 0 saturated carbocycles. The standard InChI is InChI=1S/C25H26N2O/c1-5-10-22-25(24(2,3)19-13-8-9-14-20(19)27(25)4)28-21-16-15-17-11-6-7-12-18(17)23(21)26-22/h6-9,11-16H,5,10H2,1-4H3. The van der Waals surface area contributed by atoms with Crippen molar-refractivity contribution in [3.63, 3.8) is 0 Å². The first kappa shape index (κ1) is 17.3. The zero-order chi connectivity index (χ0) is 19.5. The molecule has 0 fully saturated rings. The normalized spacial score (nSPS) is 22.0. The number of hydrogen-bond acceptors (Lipinski definition) is 3. The highest BCUT2D eigenvalue weighted by Crippen LogP contribution is 2.56. The quantitative estimate of drug-likeness (QED) is 0.534. The van der Waals surface area contributed by atoms with Gasteiger partial charge in [-0.25, -0.2) is 4.99 Å². The number of ether oxygens (including phenoxy) is 1. The Morgan fingerprint density at radius 2 is 1.71 bits per heavy atom. The lowest BCUT2D eigenvalue weighted by molar-refractivity contribution is 0.0752. The molecule has 1 spiro atoms. The molecule has 0 amide bonds. The Balaban J connectivity index is 1.79. The van der Waals surface area contributed by atoms with Gasteiger partial charge in [-0.15, -0.1) is 0 Å². The first-order valence-corrected chi connectivity index (χ1v) is 10.1. The molecule has 1 unspecified atom stereocenters. The van der Waals surface area contributed by atoms with E-state index in [9.17, 15) is 0 Å². The Bertz CT molecular complexity index is 1110. The van der Waals surface area contributed by atoms with E-state index in [1.54, 1.807) is 0 Å². The van der Waals surface area contributed by atoms with Gasteiger partial charge in [0.1, 0.15) is 11.4 Å². The first-order chi connectivity index (χ1) is 13.5. The highest BCUT2D eigenvalue weighted by atomic mass is 16.5. The first-order valence-electron chi connectivity index (χ1n) is 10.1. The van der Waals surface area contributed by atoms with Gasteiger partial charge >= 0.3 is 0 Å². The summed E-state index contributed by atoms with van der Waals surface area (Å²) < 4.78 is 6.96. The lowest BCUT2D eigenvalue weighted by Gasteiger charge is -2.48. The minimum atomic E-state index is -0.609. The number of nitrogens with zero attached hydrogens (tertiary/aromatic N) is 2. The topological polar surface area (TPSA) is 24.8 Å². The summed E-state index contributed by atoms with van der Waals surface area (Å²) in [6.07, 6.45) is 1.94. The van der Waals surface area contributed by atoms with Crippen molar-refractivity contribution in [3.8, 4) is 5.75 Å². The molecule has 142 valence electrons. The van der Waals surface area contributed by atoms with E-state index in [0.29, 0.717) is 0 Å². The molecule has 0 aliphatic carbocycles. The minimum absolute atomic E-state index is 0.227. The van der Waals surface area contributed by atoms with Gasteiger partial charge in [0.05, 0.1) is 11.1 Å². The Labute approximate surface area is 166 Å². The van der Waals surface area contributed by atoms with Crippen LogP contribution in [0.15, 0.2) is 65.7 Å². The van der Waals surface area contributed by atoms with E-state index in [2.05, 4.69) is 93.4 Å². The van der Waals surface area contributed by atoms with E-state index < -0.39 is 5.72 Å². The summed E-state index contributed by atoms with van der Waals surface area (Å²) in [6.45, 7) is 6.78. The van der Waals surface area contributed by atoms with Crippen molar-refractivity contribution in [1.82, 2.24) is 0 Å². The average Bonchev–Trinajstić information content (AvgIpc) is 2.88. The Hall–Kier alpha value is -2.81. The molecule has 3 nitrogen and oxygen atoms in total. The molecule has 5 rings (SSSR count). The van der Waals surface area contributed by atoms with Crippen LogP contribution in [0.5, 0.6) is 5.75 Å². The second kappa shape index (κ2) is 5.84. The van der Waals surface area contributed by atoms with Crippen LogP contribution in [0.2, 0.25) is 0 Å². The SMILES string of the molecule is CCCC1=Nc2c(ccc3ccccc23)OC12N(C)c1ccccc1C2(C)C. The fourth-order valence-corrected chi connectivity index (χ4v) is 5.14. The monoisotopic (exact) mass is 370 g/mol. The van der Waals surface area contributed by atoms with E-state index in [1.807, 2.05) is 0 Å². The number of hydrogen-bond donors (Lipinski definition) is 0. The molecular formula is C25H26N2O. The number of anilines is 1. The van der Waals surface area contributed by atoms with Crippen LogP contribution in [0.25, 0.3) is 10.8 Å². The second-order valence-corrected chi connectivity index (χ2v) is 8.39. The summed E-state index contributed by atoms with van der Waals surface area (Å²) in [4.78, 5) is 7.58. The van der Waals surface area contributed by atoms with E-state index in [0.717, 1.165) is 35.4 Å². The van der Waals surface area contributed by atoms with Crippen LogP contribution in [0, 0.1) is 0 Å². The van der Waals surface area contributed by atoms with Gasteiger partial charge in [0.15, 0.2) is 0 Å². The molecule has 3 aromatic rings. The lowest BCUT2D eigenvalue weighted by atomic mass is 9.74. The third-order valence-corrected chi connectivity index (χ3v) is 6.50. The van der Waals surface area contributed by atoms with Crippen LogP contribution >= 0.6 is 0 Å². The van der Waals surface area contributed by atoms with Crippen LogP contribution in [-0.4, -0.2) is 18.5 Å². The molecule has 28 heavy (non-hydrogen) atoms. The Kier molecular flexibility index (Phi) is 3.61. The number of fused-ring (bicyclic) bond motifs is 4. The summed E-state index contributed by atoms with van der Waals surface area (Å²) in [5, 5.41) is 2.35. The van der Waals surface area contributed by atoms with Gasteiger partial charge in [0.2, 0.25) is 5.72 Å². The summed E-state index contributed by atoms with van der Waals surface area (Å²) >= 11 is 0. The summed E-state index contributed by atoms with van der Waals surface area (Å²) in [6, 6.07) is 21.3.